The molecule has 3 rings (SSSR count). The molecule has 0 bridgehead atoms. The fourth-order valence-corrected chi connectivity index (χ4v) is 5.15. The first-order chi connectivity index (χ1) is 16.5. The highest BCUT2D eigenvalue weighted by Crippen LogP contribution is 2.40. The van der Waals surface area contributed by atoms with Gasteiger partial charge in [-0.25, -0.2) is 4.79 Å². The molecule has 2 fully saturated rings. The number of urea groups is 1. The zero-order valence-corrected chi connectivity index (χ0v) is 20.5. The molecule has 2 aliphatic rings. The maximum Gasteiger partial charge on any atom is 0.417 e. The molecular formula is C25H34F3N5O2. The van der Waals surface area contributed by atoms with Crippen LogP contribution in [0.4, 0.5) is 23.7 Å². The van der Waals surface area contributed by atoms with Gasteiger partial charge < -0.3 is 20.4 Å². The second-order valence-corrected chi connectivity index (χ2v) is 9.87. The molecule has 0 spiro atoms. The highest BCUT2D eigenvalue weighted by molar-refractivity contribution is 5.80. The summed E-state index contributed by atoms with van der Waals surface area (Å²) in [6, 6.07) is 5.25. The topological polar surface area (TPSA) is 88.5 Å². The van der Waals surface area contributed by atoms with Gasteiger partial charge in [-0.3, -0.25) is 4.79 Å². The number of carbonyl (C=O) groups excluding carboxylic acids is 2. The molecule has 1 aromatic carbocycles. The number of nitrogens with zero attached hydrogens (tertiary/aromatic N) is 3. The van der Waals surface area contributed by atoms with Gasteiger partial charge >= 0.3 is 12.2 Å². The van der Waals surface area contributed by atoms with E-state index >= 15 is 0 Å². The lowest BCUT2D eigenvalue weighted by Gasteiger charge is -2.36. The van der Waals surface area contributed by atoms with Gasteiger partial charge in [0.1, 0.15) is 0 Å². The quantitative estimate of drug-likeness (QED) is 0.630. The van der Waals surface area contributed by atoms with Crippen LogP contribution in [0, 0.1) is 35.0 Å². The van der Waals surface area contributed by atoms with Crippen LogP contribution in [0.25, 0.3) is 0 Å². The second kappa shape index (κ2) is 11.2. The predicted molar refractivity (Wildman–Crippen MR) is 127 cm³/mol. The van der Waals surface area contributed by atoms with Crippen LogP contribution in [-0.2, 0) is 11.0 Å². The maximum absolute atomic E-state index is 13.5. The van der Waals surface area contributed by atoms with Crippen molar-refractivity contribution in [2.45, 2.75) is 39.3 Å². The molecule has 7 nitrogen and oxygen atoms in total. The van der Waals surface area contributed by atoms with E-state index in [9.17, 15) is 22.8 Å². The van der Waals surface area contributed by atoms with E-state index in [0.717, 1.165) is 25.3 Å². The van der Waals surface area contributed by atoms with Crippen LogP contribution in [0.5, 0.6) is 0 Å². The third-order valence-electron chi connectivity index (χ3n) is 7.17. The van der Waals surface area contributed by atoms with Crippen LogP contribution in [-0.4, -0.2) is 56.6 Å². The minimum Gasteiger partial charge on any atom is -0.370 e. The number of amides is 3. The lowest BCUT2D eigenvalue weighted by Crippen LogP contribution is -2.47. The van der Waals surface area contributed by atoms with Crippen molar-refractivity contribution < 1.29 is 22.8 Å². The van der Waals surface area contributed by atoms with Crippen molar-refractivity contribution >= 4 is 17.6 Å². The first-order valence-electron chi connectivity index (χ1n) is 12.2. The van der Waals surface area contributed by atoms with Crippen LogP contribution >= 0.6 is 0 Å². The Balaban J connectivity index is 1.70. The predicted octanol–water partition coefficient (Wildman–Crippen LogP) is 3.84. The lowest BCUT2D eigenvalue weighted by molar-refractivity contribution is -0.137. The van der Waals surface area contributed by atoms with E-state index in [1.807, 2.05) is 4.90 Å². The second-order valence-electron chi connectivity index (χ2n) is 9.87. The number of alkyl halides is 3. The average molecular weight is 494 g/mol. The SMILES string of the molecule is CNC(=O)C1CN(c2ccc(C#N)c(C(F)(F)F)c2)CC1C1CCN(C(=O)NCCC(C)C)CC1. The molecule has 1 aromatic rings. The minimum atomic E-state index is -4.64. The summed E-state index contributed by atoms with van der Waals surface area (Å²) in [6.07, 6.45) is -2.24. The standard InChI is InChI=1S/C25H34F3N5O2/c1-16(2)6-9-31-24(35)32-10-7-17(8-11-32)20-14-33(15-21(20)23(34)30-3)19-5-4-18(13-29)22(12-19)25(26,27)28/h4-5,12,16-17,20-21H,6-11,14-15H2,1-3H3,(H,30,34)(H,31,35). The highest BCUT2D eigenvalue weighted by atomic mass is 19.4. The van der Waals surface area contributed by atoms with E-state index in [4.69, 9.17) is 5.26 Å². The molecule has 0 saturated carbocycles. The summed E-state index contributed by atoms with van der Waals surface area (Å²) in [6.45, 7) is 6.78. The molecule has 2 unspecified atom stereocenters. The minimum absolute atomic E-state index is 0.0360. The Morgan fingerprint density at radius 1 is 1.20 bits per heavy atom. The average Bonchev–Trinajstić information content (AvgIpc) is 3.28. The number of nitrogens with one attached hydrogen (secondary N) is 2. The number of hydrogen-bond acceptors (Lipinski definition) is 4. The summed E-state index contributed by atoms with van der Waals surface area (Å²) in [4.78, 5) is 28.7. The summed E-state index contributed by atoms with van der Waals surface area (Å²) in [5.41, 5.74) is -1.03. The Labute approximate surface area is 204 Å². The van der Waals surface area contributed by atoms with E-state index in [1.54, 1.807) is 18.0 Å². The number of likely N-dealkylation sites (tertiary alicyclic amines) is 1. The third-order valence-corrected chi connectivity index (χ3v) is 7.17. The van der Waals surface area contributed by atoms with E-state index in [0.29, 0.717) is 44.3 Å². The molecule has 2 atom stereocenters. The van der Waals surface area contributed by atoms with Crippen LogP contribution < -0.4 is 15.5 Å². The van der Waals surface area contributed by atoms with Gasteiger partial charge in [-0.2, -0.15) is 18.4 Å². The van der Waals surface area contributed by atoms with E-state index in [2.05, 4.69) is 24.5 Å². The van der Waals surface area contributed by atoms with Gasteiger partial charge in [0.2, 0.25) is 5.91 Å². The Morgan fingerprint density at radius 3 is 2.46 bits per heavy atom. The van der Waals surface area contributed by atoms with Gasteiger partial charge in [-0.1, -0.05) is 13.8 Å². The van der Waals surface area contributed by atoms with Crippen LogP contribution in [0.3, 0.4) is 0 Å². The molecule has 10 heteroatoms. The van der Waals surface area contributed by atoms with Crippen molar-refractivity contribution in [2.24, 2.45) is 23.7 Å². The highest BCUT2D eigenvalue weighted by Gasteiger charge is 2.43. The fraction of sp³-hybridized carbons (Fsp3) is 0.640. The molecule has 2 N–H and O–H groups in total. The molecular weight excluding hydrogens is 459 g/mol. The number of carbonyl (C=O) groups is 2. The monoisotopic (exact) mass is 493 g/mol. The Morgan fingerprint density at radius 2 is 1.89 bits per heavy atom. The molecule has 0 aromatic heterocycles. The molecule has 2 heterocycles. The number of piperidine rings is 1. The number of anilines is 1. The Hall–Kier alpha value is -2.96. The smallest absolute Gasteiger partial charge is 0.370 e. The maximum atomic E-state index is 13.5. The normalized spacial score (nSPS) is 21.2. The first-order valence-corrected chi connectivity index (χ1v) is 12.2. The molecule has 2 aliphatic heterocycles. The summed E-state index contributed by atoms with van der Waals surface area (Å²) >= 11 is 0. The van der Waals surface area contributed by atoms with Crippen molar-refractivity contribution in [1.29, 1.82) is 5.26 Å². The van der Waals surface area contributed by atoms with Gasteiger partial charge in [0.05, 0.1) is 23.1 Å². The van der Waals surface area contributed by atoms with Crippen LogP contribution in [0.15, 0.2) is 18.2 Å². The molecule has 0 radical (unpaired) electrons. The summed E-state index contributed by atoms with van der Waals surface area (Å²) < 4.78 is 40.4. The van der Waals surface area contributed by atoms with Gasteiger partial charge in [-0.15, -0.1) is 0 Å². The van der Waals surface area contributed by atoms with E-state index in [1.165, 1.54) is 12.1 Å². The van der Waals surface area contributed by atoms with E-state index in [-0.39, 0.29) is 29.7 Å². The Kier molecular flexibility index (Phi) is 8.51. The van der Waals surface area contributed by atoms with Crippen molar-refractivity contribution in [3.63, 3.8) is 0 Å². The van der Waals surface area contributed by atoms with Gasteiger partial charge in [0, 0.05) is 45.5 Å². The number of nitriles is 1. The van der Waals surface area contributed by atoms with Gasteiger partial charge in [0.15, 0.2) is 0 Å². The summed E-state index contributed by atoms with van der Waals surface area (Å²) in [7, 11) is 1.57. The Bertz CT molecular complexity index is 951. The lowest BCUT2D eigenvalue weighted by atomic mass is 9.78. The zero-order valence-electron chi connectivity index (χ0n) is 20.5. The summed E-state index contributed by atoms with van der Waals surface area (Å²) in [5.74, 6) is 0.169. The molecule has 2 saturated heterocycles. The van der Waals surface area contributed by atoms with Crippen molar-refractivity contribution in [3.05, 3.63) is 29.3 Å². The summed E-state index contributed by atoms with van der Waals surface area (Å²) in [5, 5.41) is 14.7. The molecule has 35 heavy (non-hydrogen) atoms. The van der Waals surface area contributed by atoms with Crippen molar-refractivity contribution in [2.75, 3.05) is 44.7 Å². The van der Waals surface area contributed by atoms with Crippen LogP contribution in [0.2, 0.25) is 0 Å². The molecule has 192 valence electrons. The van der Waals surface area contributed by atoms with Gasteiger partial charge in [0.25, 0.3) is 0 Å². The molecule has 3 amide bonds. The zero-order chi connectivity index (χ0) is 25.8. The number of halogens is 3. The van der Waals surface area contributed by atoms with Gasteiger partial charge in [-0.05, 0) is 55.2 Å². The number of hydrogen-bond donors (Lipinski definition) is 2. The number of benzene rings is 1. The fourth-order valence-electron chi connectivity index (χ4n) is 5.15. The third kappa shape index (κ3) is 6.38. The first kappa shape index (κ1) is 26.6. The van der Waals surface area contributed by atoms with Crippen molar-refractivity contribution in [1.82, 2.24) is 15.5 Å². The van der Waals surface area contributed by atoms with Crippen LogP contribution in [0.1, 0.15) is 44.2 Å². The number of rotatable bonds is 6. The van der Waals surface area contributed by atoms with E-state index < -0.39 is 17.3 Å². The molecule has 0 aliphatic carbocycles. The largest absolute Gasteiger partial charge is 0.417 e. The van der Waals surface area contributed by atoms with Crippen molar-refractivity contribution in [3.8, 4) is 6.07 Å².